The fourth-order valence-corrected chi connectivity index (χ4v) is 4.98. The number of hydrogen-bond donors (Lipinski definition) is 2. The van der Waals surface area contributed by atoms with Gasteiger partial charge >= 0.3 is 5.69 Å². The van der Waals surface area contributed by atoms with Gasteiger partial charge in [0.25, 0.3) is 5.56 Å². The minimum absolute atomic E-state index is 0.00969. The molecule has 4 rings (SSSR count). The summed E-state index contributed by atoms with van der Waals surface area (Å²) in [5, 5.41) is 6.11. The molecule has 3 aromatic rings. The Morgan fingerprint density at radius 1 is 0.976 bits per heavy atom. The molecule has 11 heteroatoms. The predicted octanol–water partition coefficient (Wildman–Crippen LogP) is 2.00. The molecule has 2 heterocycles. The van der Waals surface area contributed by atoms with Crippen LogP contribution in [-0.4, -0.2) is 61.0 Å². The van der Waals surface area contributed by atoms with Crippen molar-refractivity contribution in [2.75, 3.05) is 33.9 Å². The lowest BCUT2D eigenvalue weighted by atomic mass is 10.1. The van der Waals surface area contributed by atoms with Crippen LogP contribution in [0.15, 0.2) is 52.1 Å². The number of para-hydroxylation sites is 1. The summed E-state index contributed by atoms with van der Waals surface area (Å²) in [5.41, 5.74) is 0.483. The third-order valence-electron chi connectivity index (χ3n) is 7.20. The second kappa shape index (κ2) is 14.5. The number of ether oxygens (including phenoxy) is 3. The quantitative estimate of drug-likeness (QED) is 0.286. The maximum Gasteiger partial charge on any atom is 0.331 e. The van der Waals surface area contributed by atoms with E-state index < -0.39 is 11.2 Å². The molecule has 2 aromatic carbocycles. The summed E-state index contributed by atoms with van der Waals surface area (Å²) in [6, 6.07) is 12.4. The fraction of sp³-hybridized carbons (Fsp3) is 0.467. The van der Waals surface area contributed by atoms with Crippen LogP contribution in [0.3, 0.4) is 0 Å². The molecule has 0 bridgehead atoms. The standard InChI is InChI=1S/C30H38N4O7/c1-39-25-13-12-21(18-26(25)40-2)14-15-31-27(35)11-5-6-16-33-29(37)23-9-3-4-10-24(23)34(30(33)38)20-28(36)32-19-22-8-7-17-41-22/h3-4,9-10,12-13,18,22H,5-8,11,14-17,19-20H2,1-2H3,(H,31,35)(H,32,36)/t22-/m1/s1. The summed E-state index contributed by atoms with van der Waals surface area (Å²) in [6.07, 6.45) is 3.73. The van der Waals surface area contributed by atoms with Gasteiger partial charge in [0.05, 0.1) is 31.2 Å². The number of rotatable bonds is 14. The van der Waals surface area contributed by atoms with E-state index in [0.29, 0.717) is 61.4 Å². The maximum atomic E-state index is 13.3. The van der Waals surface area contributed by atoms with Gasteiger partial charge in [-0.1, -0.05) is 18.2 Å². The van der Waals surface area contributed by atoms with E-state index in [1.807, 2.05) is 18.2 Å². The Balaban J connectivity index is 1.31. The van der Waals surface area contributed by atoms with Crippen LogP contribution in [0, 0.1) is 0 Å². The fourth-order valence-electron chi connectivity index (χ4n) is 4.98. The van der Waals surface area contributed by atoms with E-state index in [1.54, 1.807) is 38.5 Å². The molecule has 2 N–H and O–H groups in total. The molecule has 2 amide bonds. The van der Waals surface area contributed by atoms with Crippen LogP contribution in [0.4, 0.5) is 0 Å². The van der Waals surface area contributed by atoms with Gasteiger partial charge in [-0.2, -0.15) is 0 Å². The van der Waals surface area contributed by atoms with E-state index in [0.717, 1.165) is 23.0 Å². The van der Waals surface area contributed by atoms with E-state index in [-0.39, 0.29) is 37.4 Å². The van der Waals surface area contributed by atoms with Crippen LogP contribution < -0.4 is 31.4 Å². The van der Waals surface area contributed by atoms with Gasteiger partial charge in [0.1, 0.15) is 6.54 Å². The van der Waals surface area contributed by atoms with Crippen LogP contribution in [-0.2, 0) is 33.8 Å². The number of hydrogen-bond acceptors (Lipinski definition) is 7. The molecule has 0 aliphatic carbocycles. The second-order valence-electron chi connectivity index (χ2n) is 10.0. The van der Waals surface area contributed by atoms with Crippen molar-refractivity contribution in [3.63, 3.8) is 0 Å². The number of carbonyl (C=O) groups excluding carboxylic acids is 2. The van der Waals surface area contributed by atoms with Crippen molar-refractivity contribution >= 4 is 22.7 Å². The van der Waals surface area contributed by atoms with Crippen LogP contribution in [0.2, 0.25) is 0 Å². The van der Waals surface area contributed by atoms with E-state index in [2.05, 4.69) is 10.6 Å². The normalized spacial score (nSPS) is 14.6. The number of benzene rings is 2. The first-order valence-corrected chi connectivity index (χ1v) is 14.0. The lowest BCUT2D eigenvalue weighted by Gasteiger charge is -2.15. The Morgan fingerprint density at radius 2 is 1.78 bits per heavy atom. The van der Waals surface area contributed by atoms with Crippen LogP contribution in [0.5, 0.6) is 11.5 Å². The minimum atomic E-state index is -0.541. The van der Waals surface area contributed by atoms with E-state index in [9.17, 15) is 19.2 Å². The van der Waals surface area contributed by atoms with Crippen molar-refractivity contribution < 1.29 is 23.8 Å². The third kappa shape index (κ3) is 7.75. The molecule has 220 valence electrons. The predicted molar refractivity (Wildman–Crippen MR) is 155 cm³/mol. The average molecular weight is 567 g/mol. The Kier molecular flexibility index (Phi) is 10.6. The van der Waals surface area contributed by atoms with Crippen molar-refractivity contribution in [1.29, 1.82) is 0 Å². The highest BCUT2D eigenvalue weighted by atomic mass is 16.5. The summed E-state index contributed by atoms with van der Waals surface area (Å²) < 4.78 is 18.6. The number of amides is 2. The molecule has 1 aliphatic heterocycles. The van der Waals surface area contributed by atoms with Gasteiger partial charge in [0.15, 0.2) is 11.5 Å². The SMILES string of the molecule is COc1ccc(CCNC(=O)CCCCn2c(=O)c3ccccc3n(CC(=O)NC[C@H]3CCCO3)c2=O)cc1OC. The molecule has 1 aromatic heterocycles. The van der Waals surface area contributed by atoms with Crippen LogP contribution in [0.1, 0.15) is 37.7 Å². The number of carbonyl (C=O) groups is 2. The highest BCUT2D eigenvalue weighted by Crippen LogP contribution is 2.27. The average Bonchev–Trinajstić information content (AvgIpc) is 3.51. The molecule has 0 unspecified atom stereocenters. The van der Waals surface area contributed by atoms with Crippen molar-refractivity contribution in [2.24, 2.45) is 0 Å². The molecule has 1 fully saturated rings. The van der Waals surface area contributed by atoms with Crippen molar-refractivity contribution in [2.45, 2.75) is 57.7 Å². The Labute approximate surface area is 238 Å². The largest absolute Gasteiger partial charge is 0.493 e. The lowest BCUT2D eigenvalue weighted by molar-refractivity contribution is -0.122. The first-order chi connectivity index (χ1) is 19.9. The lowest BCUT2D eigenvalue weighted by Crippen LogP contribution is -2.43. The minimum Gasteiger partial charge on any atom is -0.493 e. The van der Waals surface area contributed by atoms with Gasteiger partial charge in [-0.25, -0.2) is 4.79 Å². The smallest absolute Gasteiger partial charge is 0.331 e. The van der Waals surface area contributed by atoms with Gasteiger partial charge in [-0.3, -0.25) is 23.5 Å². The topological polar surface area (TPSA) is 130 Å². The molecular weight excluding hydrogens is 528 g/mol. The highest BCUT2D eigenvalue weighted by molar-refractivity contribution is 5.81. The zero-order valence-electron chi connectivity index (χ0n) is 23.6. The Hall–Kier alpha value is -4.12. The molecule has 0 saturated carbocycles. The van der Waals surface area contributed by atoms with E-state index in [4.69, 9.17) is 14.2 Å². The van der Waals surface area contributed by atoms with Crippen LogP contribution in [0.25, 0.3) is 10.9 Å². The first-order valence-electron chi connectivity index (χ1n) is 14.0. The summed E-state index contributed by atoms with van der Waals surface area (Å²) in [5.74, 6) is 0.869. The van der Waals surface area contributed by atoms with Crippen molar-refractivity contribution in [3.8, 4) is 11.5 Å². The number of methoxy groups -OCH3 is 2. The maximum absolute atomic E-state index is 13.3. The van der Waals surface area contributed by atoms with Gasteiger partial charge in [-0.05, 0) is 61.9 Å². The van der Waals surface area contributed by atoms with Crippen molar-refractivity contribution in [3.05, 3.63) is 68.9 Å². The molecule has 11 nitrogen and oxygen atoms in total. The Bertz CT molecular complexity index is 1470. The number of nitrogens with zero attached hydrogens (tertiary/aromatic N) is 2. The highest BCUT2D eigenvalue weighted by Gasteiger charge is 2.18. The molecule has 41 heavy (non-hydrogen) atoms. The molecule has 0 spiro atoms. The number of fused-ring (bicyclic) bond motifs is 1. The monoisotopic (exact) mass is 566 g/mol. The third-order valence-corrected chi connectivity index (χ3v) is 7.20. The number of aromatic nitrogens is 2. The number of unbranched alkanes of at least 4 members (excludes halogenated alkanes) is 1. The van der Waals surface area contributed by atoms with Crippen molar-refractivity contribution in [1.82, 2.24) is 19.8 Å². The second-order valence-corrected chi connectivity index (χ2v) is 10.0. The molecule has 0 radical (unpaired) electrons. The summed E-state index contributed by atoms with van der Waals surface area (Å²) in [4.78, 5) is 51.5. The molecule has 1 saturated heterocycles. The Morgan fingerprint density at radius 3 is 2.54 bits per heavy atom. The molecule has 1 atom stereocenters. The van der Waals surface area contributed by atoms with Crippen LogP contribution >= 0.6 is 0 Å². The van der Waals surface area contributed by atoms with E-state index >= 15 is 0 Å². The van der Waals surface area contributed by atoms with E-state index in [1.165, 1.54) is 4.57 Å². The molecule has 1 aliphatic rings. The van der Waals surface area contributed by atoms with Gasteiger partial charge in [0, 0.05) is 32.7 Å². The summed E-state index contributed by atoms with van der Waals surface area (Å²) >= 11 is 0. The van der Waals surface area contributed by atoms with Gasteiger partial charge in [-0.15, -0.1) is 0 Å². The summed E-state index contributed by atoms with van der Waals surface area (Å²) in [7, 11) is 3.16. The number of nitrogens with one attached hydrogen (secondary N) is 2. The van der Waals surface area contributed by atoms with Gasteiger partial charge in [0.2, 0.25) is 11.8 Å². The zero-order chi connectivity index (χ0) is 29.2. The van der Waals surface area contributed by atoms with Gasteiger partial charge < -0.3 is 24.8 Å². The molecular formula is C30H38N4O7. The summed E-state index contributed by atoms with van der Waals surface area (Å²) in [6.45, 7) is 1.50. The zero-order valence-corrected chi connectivity index (χ0v) is 23.6. The first kappa shape index (κ1) is 29.9.